The molecule has 1 heterocycles. The fraction of sp³-hybridized carbons (Fsp3) is 0.297. The highest BCUT2D eigenvalue weighted by Crippen LogP contribution is 2.32. The second-order valence-corrected chi connectivity index (χ2v) is 14.2. The van der Waals surface area contributed by atoms with Crippen LogP contribution >= 0.6 is 0 Å². The highest BCUT2D eigenvalue weighted by molar-refractivity contribution is 7.92. The van der Waals surface area contributed by atoms with E-state index in [1.54, 1.807) is 72.5 Å². The van der Waals surface area contributed by atoms with Crippen molar-refractivity contribution in [1.82, 2.24) is 9.80 Å². The number of aliphatic hydroxyl groups is 1. The van der Waals surface area contributed by atoms with Crippen molar-refractivity contribution < 1.29 is 32.6 Å². The Hall–Kier alpha value is -5.11. The summed E-state index contributed by atoms with van der Waals surface area (Å²) in [6, 6.07) is 24.5. The van der Waals surface area contributed by atoms with Gasteiger partial charge in [-0.3, -0.25) is 19.2 Å². The summed E-state index contributed by atoms with van der Waals surface area (Å²) >= 11 is 0. The first-order chi connectivity index (χ1) is 23.9. The zero-order chi connectivity index (χ0) is 36.0. The second kappa shape index (κ2) is 15.6. The Morgan fingerprint density at radius 3 is 2.44 bits per heavy atom. The van der Waals surface area contributed by atoms with E-state index < -0.39 is 16.1 Å². The number of para-hydroxylation sites is 2. The van der Waals surface area contributed by atoms with Crippen LogP contribution in [0.1, 0.15) is 40.1 Å². The molecule has 5 N–H and O–H groups in total. The summed E-state index contributed by atoms with van der Waals surface area (Å²) in [4.78, 5) is 30.4. The van der Waals surface area contributed by atoms with Gasteiger partial charge in [0, 0.05) is 36.8 Å². The molecule has 12 nitrogen and oxygen atoms in total. The minimum absolute atomic E-state index is 0.0374. The standard InChI is InChI=1S/C37H43N5O7S/c1-24-20-42(25(2)23-43)37(45)31-19-28(40-50(46,47)30-16-14-29(48-4)15-17-30)13-18-34(31)49-35(24)22-41(3)21-26-9-11-27(12-10-26)36(44)39-33-8-6-5-7-32(33)38/h5-19,24-25,35,40,43H,20-23,38H2,1-4H3,(H,39,44)/t24-,25-,35-/m1/s1. The number of benzene rings is 4. The number of hydrogen-bond acceptors (Lipinski definition) is 9. The lowest BCUT2D eigenvalue weighted by atomic mass is 9.99. The molecule has 1 aliphatic heterocycles. The van der Waals surface area contributed by atoms with E-state index in [-0.39, 0.29) is 46.6 Å². The van der Waals surface area contributed by atoms with Gasteiger partial charge in [0.15, 0.2) is 0 Å². The average Bonchev–Trinajstić information content (AvgIpc) is 3.10. The minimum Gasteiger partial charge on any atom is -0.497 e. The third-order valence-corrected chi connectivity index (χ3v) is 10.1. The van der Waals surface area contributed by atoms with Gasteiger partial charge in [0.05, 0.1) is 41.6 Å². The lowest BCUT2D eigenvalue weighted by molar-refractivity contribution is 0.0341. The number of anilines is 3. The number of aliphatic hydroxyl groups excluding tert-OH is 1. The summed E-state index contributed by atoms with van der Waals surface area (Å²) in [6.45, 7) is 4.90. The summed E-state index contributed by atoms with van der Waals surface area (Å²) in [5, 5.41) is 12.9. The van der Waals surface area contributed by atoms with Crippen molar-refractivity contribution in [3.63, 3.8) is 0 Å². The Bertz CT molecular complexity index is 1920. The number of nitrogens with one attached hydrogen (secondary N) is 2. The fourth-order valence-corrected chi connectivity index (χ4v) is 6.77. The van der Waals surface area contributed by atoms with Crippen molar-refractivity contribution in [3.8, 4) is 11.5 Å². The van der Waals surface area contributed by atoms with Gasteiger partial charge in [0.25, 0.3) is 21.8 Å². The number of ether oxygens (including phenoxy) is 2. The van der Waals surface area contributed by atoms with E-state index in [0.717, 1.165) is 5.56 Å². The maximum atomic E-state index is 13.9. The molecule has 0 fully saturated rings. The van der Waals surface area contributed by atoms with Crippen molar-refractivity contribution in [2.24, 2.45) is 5.92 Å². The molecule has 0 unspecified atom stereocenters. The van der Waals surface area contributed by atoms with Crippen molar-refractivity contribution in [2.75, 3.05) is 49.6 Å². The van der Waals surface area contributed by atoms with Crippen molar-refractivity contribution >= 4 is 38.9 Å². The molecule has 264 valence electrons. The van der Waals surface area contributed by atoms with Crippen LogP contribution < -0.4 is 25.2 Å². The molecular formula is C37H43N5O7S. The molecule has 3 atom stereocenters. The van der Waals surface area contributed by atoms with E-state index in [9.17, 15) is 23.1 Å². The van der Waals surface area contributed by atoms with Gasteiger partial charge < -0.3 is 30.5 Å². The van der Waals surface area contributed by atoms with Gasteiger partial charge in [-0.25, -0.2) is 8.42 Å². The average molecular weight is 702 g/mol. The summed E-state index contributed by atoms with van der Waals surface area (Å²) in [7, 11) is -0.509. The first kappa shape index (κ1) is 36.2. The number of nitrogens with two attached hydrogens (primary N) is 1. The molecule has 4 aromatic rings. The molecule has 1 aliphatic rings. The Balaban J connectivity index is 1.32. The van der Waals surface area contributed by atoms with Crippen LogP contribution in [0.2, 0.25) is 0 Å². The molecule has 4 aromatic carbocycles. The number of carbonyl (C=O) groups excluding carboxylic acids is 2. The van der Waals surface area contributed by atoms with E-state index in [0.29, 0.717) is 48.1 Å². The van der Waals surface area contributed by atoms with Gasteiger partial charge >= 0.3 is 0 Å². The fourth-order valence-electron chi connectivity index (χ4n) is 5.72. The third kappa shape index (κ3) is 8.54. The molecule has 5 rings (SSSR count). The second-order valence-electron chi connectivity index (χ2n) is 12.5. The SMILES string of the molecule is COc1ccc(S(=O)(=O)Nc2ccc3c(c2)C(=O)N([C@H](C)CO)C[C@@H](C)[C@@H](CN(C)Cc2ccc(C(=O)Nc4ccccc4N)cc2)O3)cc1. The number of nitrogen functional groups attached to an aromatic ring is 1. The number of rotatable bonds is 12. The van der Waals surface area contributed by atoms with Crippen LogP contribution in [0.25, 0.3) is 0 Å². The molecule has 0 saturated carbocycles. The number of likely N-dealkylation sites (N-methyl/N-ethyl adjacent to an activating group) is 1. The van der Waals surface area contributed by atoms with Gasteiger partial charge in [-0.2, -0.15) is 0 Å². The Morgan fingerprint density at radius 2 is 1.78 bits per heavy atom. The highest BCUT2D eigenvalue weighted by atomic mass is 32.2. The molecule has 0 saturated heterocycles. The van der Waals surface area contributed by atoms with Crippen LogP contribution in [0.3, 0.4) is 0 Å². The van der Waals surface area contributed by atoms with E-state index in [4.69, 9.17) is 15.2 Å². The van der Waals surface area contributed by atoms with Gasteiger partial charge in [-0.05, 0) is 86.3 Å². The predicted molar refractivity (Wildman–Crippen MR) is 193 cm³/mol. The van der Waals surface area contributed by atoms with E-state index in [2.05, 4.69) is 14.9 Å². The molecule has 13 heteroatoms. The van der Waals surface area contributed by atoms with Gasteiger partial charge in [0.1, 0.15) is 17.6 Å². The number of hydrogen-bond donors (Lipinski definition) is 4. The Morgan fingerprint density at radius 1 is 1.08 bits per heavy atom. The number of nitrogens with zero attached hydrogens (tertiary/aromatic N) is 2. The summed E-state index contributed by atoms with van der Waals surface area (Å²) < 4.78 is 40.5. The van der Waals surface area contributed by atoms with Crippen molar-refractivity contribution in [3.05, 3.63) is 108 Å². The maximum Gasteiger partial charge on any atom is 0.261 e. The first-order valence-corrected chi connectivity index (χ1v) is 17.7. The first-order valence-electron chi connectivity index (χ1n) is 16.2. The highest BCUT2D eigenvalue weighted by Gasteiger charge is 2.34. The topological polar surface area (TPSA) is 164 Å². The summed E-state index contributed by atoms with van der Waals surface area (Å²) in [5.74, 6) is 0.0918. The molecule has 0 radical (unpaired) electrons. The van der Waals surface area contributed by atoms with Crippen LogP contribution in [0.15, 0.2) is 95.9 Å². The molecule has 0 spiro atoms. The molecule has 50 heavy (non-hydrogen) atoms. The number of carbonyl (C=O) groups is 2. The third-order valence-electron chi connectivity index (χ3n) is 8.66. The molecule has 2 amide bonds. The number of sulfonamides is 1. The molecule has 0 aliphatic carbocycles. The quantitative estimate of drug-likeness (QED) is 0.154. The van der Waals surface area contributed by atoms with Crippen LogP contribution in [-0.4, -0.2) is 81.1 Å². The van der Waals surface area contributed by atoms with Crippen LogP contribution in [-0.2, 0) is 16.6 Å². The molecule has 0 aromatic heterocycles. The number of methoxy groups -OCH3 is 1. The largest absolute Gasteiger partial charge is 0.497 e. The van der Waals surface area contributed by atoms with Crippen molar-refractivity contribution in [2.45, 2.75) is 37.4 Å². The van der Waals surface area contributed by atoms with Crippen LogP contribution in [0.5, 0.6) is 11.5 Å². The lowest BCUT2D eigenvalue weighted by Crippen LogP contribution is -2.49. The zero-order valence-corrected chi connectivity index (χ0v) is 29.3. The smallest absolute Gasteiger partial charge is 0.261 e. The zero-order valence-electron chi connectivity index (χ0n) is 28.5. The van der Waals surface area contributed by atoms with Crippen molar-refractivity contribution in [1.29, 1.82) is 0 Å². The lowest BCUT2D eigenvalue weighted by Gasteiger charge is -2.38. The van der Waals surface area contributed by atoms with Gasteiger partial charge in [-0.1, -0.05) is 31.2 Å². The summed E-state index contributed by atoms with van der Waals surface area (Å²) in [6.07, 6.45) is -0.358. The predicted octanol–water partition coefficient (Wildman–Crippen LogP) is 4.68. The molecule has 0 bridgehead atoms. The summed E-state index contributed by atoms with van der Waals surface area (Å²) in [5.41, 5.74) is 8.87. The minimum atomic E-state index is -3.97. The normalized spacial score (nSPS) is 16.8. The maximum absolute atomic E-state index is 13.9. The van der Waals surface area contributed by atoms with Gasteiger partial charge in [0.2, 0.25) is 0 Å². The van der Waals surface area contributed by atoms with E-state index >= 15 is 0 Å². The Kier molecular flexibility index (Phi) is 11.3. The van der Waals surface area contributed by atoms with Crippen LogP contribution in [0, 0.1) is 5.92 Å². The number of amides is 2. The van der Waals surface area contributed by atoms with Gasteiger partial charge in [-0.15, -0.1) is 0 Å². The Labute approximate surface area is 292 Å². The van der Waals surface area contributed by atoms with E-state index in [1.165, 1.54) is 25.3 Å². The number of fused-ring (bicyclic) bond motifs is 1. The van der Waals surface area contributed by atoms with E-state index in [1.807, 2.05) is 26.1 Å². The monoisotopic (exact) mass is 701 g/mol. The molecular weight excluding hydrogens is 659 g/mol. The van der Waals surface area contributed by atoms with Crippen LogP contribution in [0.4, 0.5) is 17.1 Å².